The van der Waals surface area contributed by atoms with Crippen LogP contribution in [0.3, 0.4) is 0 Å². The molecule has 0 amide bonds. The minimum Gasteiger partial charge on any atom is -0.352 e. The summed E-state index contributed by atoms with van der Waals surface area (Å²) in [5.74, 6) is 0.993. The number of aryl methyl sites for hydroxylation is 1. The van der Waals surface area contributed by atoms with Gasteiger partial charge in [0.25, 0.3) is 0 Å². The van der Waals surface area contributed by atoms with Gasteiger partial charge in [0.15, 0.2) is 0 Å². The van der Waals surface area contributed by atoms with Crippen LogP contribution in [-0.2, 0) is 13.0 Å². The lowest BCUT2D eigenvalue weighted by atomic mass is 10.1. The molecule has 1 aromatic heterocycles. The maximum atomic E-state index is 6.22. The Labute approximate surface area is 171 Å². The van der Waals surface area contributed by atoms with Gasteiger partial charge in [0.05, 0.1) is 5.52 Å². The Morgan fingerprint density at radius 2 is 1.50 bits per heavy atom. The molecule has 0 fully saturated rings. The molecule has 0 unspecified atom stereocenters. The maximum Gasteiger partial charge on any atom is 0.129 e. The lowest BCUT2D eigenvalue weighted by Crippen LogP contribution is -2.26. The highest BCUT2D eigenvalue weighted by Gasteiger charge is 2.12. The Morgan fingerprint density at radius 3 is 2.21 bits per heavy atom. The van der Waals surface area contributed by atoms with Crippen LogP contribution in [0.1, 0.15) is 16.7 Å². The number of anilines is 1. The van der Waals surface area contributed by atoms with Gasteiger partial charge in [0.2, 0.25) is 0 Å². The molecule has 4 aromatic rings. The molecule has 28 heavy (non-hydrogen) atoms. The van der Waals surface area contributed by atoms with E-state index in [4.69, 9.17) is 16.6 Å². The number of hydrogen-bond acceptors (Lipinski definition) is 2. The molecule has 3 aromatic carbocycles. The van der Waals surface area contributed by atoms with E-state index in [9.17, 15) is 0 Å². The molecular weight excluding hydrogens is 364 g/mol. The second-order valence-electron chi connectivity index (χ2n) is 7.10. The average molecular weight is 387 g/mol. The largest absolute Gasteiger partial charge is 0.352 e. The summed E-state index contributed by atoms with van der Waals surface area (Å²) in [7, 11) is 0. The van der Waals surface area contributed by atoms with Crippen molar-refractivity contribution in [3.8, 4) is 0 Å². The molecule has 0 aliphatic carbocycles. The van der Waals surface area contributed by atoms with E-state index in [2.05, 4.69) is 84.6 Å². The van der Waals surface area contributed by atoms with Crippen molar-refractivity contribution in [1.82, 2.24) is 4.98 Å². The predicted octanol–water partition coefficient (Wildman–Crippen LogP) is 6.45. The zero-order valence-electron chi connectivity index (χ0n) is 16.0. The Kier molecular flexibility index (Phi) is 5.59. The van der Waals surface area contributed by atoms with Gasteiger partial charge in [0, 0.05) is 23.5 Å². The number of rotatable bonds is 6. The fourth-order valence-electron chi connectivity index (χ4n) is 3.51. The van der Waals surface area contributed by atoms with E-state index in [1.807, 2.05) is 12.1 Å². The highest BCUT2D eigenvalue weighted by atomic mass is 35.5. The van der Waals surface area contributed by atoms with E-state index < -0.39 is 0 Å². The van der Waals surface area contributed by atoms with E-state index in [0.29, 0.717) is 0 Å². The summed E-state index contributed by atoms with van der Waals surface area (Å²) in [4.78, 5) is 7.30. The quantitative estimate of drug-likeness (QED) is 0.378. The molecule has 0 saturated carbocycles. The molecule has 0 spiro atoms. The van der Waals surface area contributed by atoms with Gasteiger partial charge in [0.1, 0.15) is 5.82 Å². The van der Waals surface area contributed by atoms with E-state index in [1.54, 1.807) is 0 Å². The summed E-state index contributed by atoms with van der Waals surface area (Å²) in [5.41, 5.74) is 4.78. The molecule has 140 valence electrons. The summed E-state index contributed by atoms with van der Waals surface area (Å²) < 4.78 is 0. The van der Waals surface area contributed by atoms with Gasteiger partial charge in [-0.2, -0.15) is 0 Å². The molecule has 0 N–H and O–H groups in total. The first-order valence-corrected chi connectivity index (χ1v) is 9.96. The van der Waals surface area contributed by atoms with Crippen molar-refractivity contribution in [2.45, 2.75) is 19.9 Å². The molecule has 4 rings (SSSR count). The van der Waals surface area contributed by atoms with Crippen LogP contribution in [0.4, 0.5) is 5.82 Å². The lowest BCUT2D eigenvalue weighted by Gasteiger charge is -2.25. The number of benzene rings is 3. The van der Waals surface area contributed by atoms with Crippen molar-refractivity contribution in [1.29, 1.82) is 0 Å². The first-order chi connectivity index (χ1) is 13.7. The van der Waals surface area contributed by atoms with Gasteiger partial charge in [-0.3, -0.25) is 0 Å². The van der Waals surface area contributed by atoms with Crippen LogP contribution in [0, 0.1) is 6.92 Å². The highest BCUT2D eigenvalue weighted by Crippen LogP contribution is 2.26. The highest BCUT2D eigenvalue weighted by molar-refractivity contribution is 6.31. The summed E-state index contributed by atoms with van der Waals surface area (Å²) in [6.45, 7) is 3.86. The Hall–Kier alpha value is -2.84. The van der Waals surface area contributed by atoms with Crippen LogP contribution in [-0.4, -0.2) is 11.5 Å². The van der Waals surface area contributed by atoms with Crippen LogP contribution in [0.25, 0.3) is 10.9 Å². The van der Waals surface area contributed by atoms with E-state index in [1.165, 1.54) is 16.7 Å². The normalized spacial score (nSPS) is 10.9. The third kappa shape index (κ3) is 4.35. The van der Waals surface area contributed by atoms with Crippen molar-refractivity contribution in [2.24, 2.45) is 0 Å². The Morgan fingerprint density at radius 1 is 0.821 bits per heavy atom. The van der Waals surface area contributed by atoms with E-state index in [-0.39, 0.29) is 0 Å². The molecule has 0 aliphatic heterocycles. The number of pyridine rings is 1. The third-order valence-corrected chi connectivity index (χ3v) is 5.25. The number of halogens is 1. The van der Waals surface area contributed by atoms with Crippen LogP contribution >= 0.6 is 11.6 Å². The van der Waals surface area contributed by atoms with E-state index in [0.717, 1.165) is 41.3 Å². The predicted molar refractivity (Wildman–Crippen MR) is 119 cm³/mol. The smallest absolute Gasteiger partial charge is 0.129 e. The summed E-state index contributed by atoms with van der Waals surface area (Å²) in [5, 5.41) is 1.87. The minimum absolute atomic E-state index is 0.718. The molecule has 0 atom stereocenters. The molecule has 2 nitrogen and oxygen atoms in total. The van der Waals surface area contributed by atoms with Crippen molar-refractivity contribution < 1.29 is 0 Å². The van der Waals surface area contributed by atoms with Crippen LogP contribution in [0.2, 0.25) is 5.02 Å². The van der Waals surface area contributed by atoms with Gasteiger partial charge in [-0.15, -0.1) is 0 Å². The first-order valence-electron chi connectivity index (χ1n) is 9.59. The van der Waals surface area contributed by atoms with Gasteiger partial charge in [-0.05, 0) is 48.2 Å². The third-order valence-electron chi connectivity index (χ3n) is 5.02. The molecule has 0 bridgehead atoms. The van der Waals surface area contributed by atoms with Gasteiger partial charge in [-0.1, -0.05) is 78.3 Å². The molecular formula is C25H23ClN2. The fraction of sp³-hybridized carbons (Fsp3) is 0.160. The van der Waals surface area contributed by atoms with Crippen LogP contribution in [0.5, 0.6) is 0 Å². The topological polar surface area (TPSA) is 16.1 Å². The second kappa shape index (κ2) is 8.45. The molecule has 1 heterocycles. The van der Waals surface area contributed by atoms with E-state index >= 15 is 0 Å². The fourth-order valence-corrected chi connectivity index (χ4v) is 3.67. The van der Waals surface area contributed by atoms with Gasteiger partial charge >= 0.3 is 0 Å². The average Bonchev–Trinajstić information content (AvgIpc) is 2.72. The van der Waals surface area contributed by atoms with Crippen LogP contribution < -0.4 is 4.90 Å². The zero-order chi connectivity index (χ0) is 19.3. The monoisotopic (exact) mass is 386 g/mol. The number of aromatic nitrogens is 1. The van der Waals surface area contributed by atoms with Gasteiger partial charge in [-0.25, -0.2) is 4.98 Å². The van der Waals surface area contributed by atoms with Crippen LogP contribution in [0.15, 0.2) is 84.9 Å². The maximum absolute atomic E-state index is 6.22. The summed E-state index contributed by atoms with van der Waals surface area (Å²) in [6, 6.07) is 29.3. The van der Waals surface area contributed by atoms with Gasteiger partial charge < -0.3 is 4.90 Å². The summed E-state index contributed by atoms with van der Waals surface area (Å²) >= 11 is 6.22. The van der Waals surface area contributed by atoms with Crippen molar-refractivity contribution in [3.63, 3.8) is 0 Å². The number of hydrogen-bond donors (Lipinski definition) is 0. The molecule has 0 radical (unpaired) electrons. The number of nitrogens with zero attached hydrogens (tertiary/aromatic N) is 2. The molecule has 0 aliphatic rings. The first kappa shape index (κ1) is 18.5. The zero-order valence-corrected chi connectivity index (χ0v) is 16.7. The molecule has 3 heteroatoms. The summed E-state index contributed by atoms with van der Waals surface area (Å²) in [6.07, 6.45) is 0.974. The SMILES string of the molecule is Cc1cc(N(CCc2ccccc2)Cc2ccccc2)nc2cc(Cl)ccc12. The number of fused-ring (bicyclic) bond motifs is 1. The van der Waals surface area contributed by atoms with Crippen molar-refractivity contribution >= 4 is 28.3 Å². The Balaban J connectivity index is 1.68. The Bertz CT molecular complexity index is 1060. The second-order valence-corrected chi connectivity index (χ2v) is 7.54. The van der Waals surface area contributed by atoms with Crippen molar-refractivity contribution in [2.75, 3.05) is 11.4 Å². The standard InChI is InChI=1S/C25H23ClN2/c1-19-16-25(27-24-17-22(26)12-13-23(19)24)28(18-21-10-6-3-7-11-21)15-14-20-8-4-2-5-9-20/h2-13,16-17H,14-15,18H2,1H3. The minimum atomic E-state index is 0.718. The lowest BCUT2D eigenvalue weighted by molar-refractivity contribution is 0.770. The van der Waals surface area contributed by atoms with Crippen molar-refractivity contribution in [3.05, 3.63) is 107 Å². The molecule has 0 saturated heterocycles.